The van der Waals surface area contributed by atoms with Crippen LogP contribution in [0.2, 0.25) is 0 Å². The largest absolute Gasteiger partial charge is 0.508 e. The van der Waals surface area contributed by atoms with E-state index >= 15 is 0 Å². The van der Waals surface area contributed by atoms with Gasteiger partial charge in [-0.25, -0.2) is 0 Å². The Labute approximate surface area is 242 Å². The summed E-state index contributed by atoms with van der Waals surface area (Å²) in [6, 6.07) is 3.51. The summed E-state index contributed by atoms with van der Waals surface area (Å²) in [5.74, 6) is -1.45. The predicted octanol–water partition coefficient (Wildman–Crippen LogP) is 5.69. The quantitative estimate of drug-likeness (QED) is 0.197. The molecule has 2 bridgehead atoms. The number of fused-ring (bicyclic) bond motifs is 1. The Balaban J connectivity index is 1.38. The number of anilines is 1. The van der Waals surface area contributed by atoms with E-state index in [4.69, 9.17) is 4.74 Å². The second-order valence-corrected chi connectivity index (χ2v) is 12.2. The molecule has 1 saturated heterocycles. The van der Waals surface area contributed by atoms with Crippen molar-refractivity contribution in [2.24, 2.45) is 5.92 Å². The van der Waals surface area contributed by atoms with Gasteiger partial charge in [-0.1, -0.05) is 6.07 Å². The third-order valence-corrected chi connectivity index (χ3v) is 9.56. The molecule has 1 saturated carbocycles. The van der Waals surface area contributed by atoms with Crippen LogP contribution in [0.15, 0.2) is 41.7 Å². The lowest BCUT2D eigenvalue weighted by Gasteiger charge is -2.59. The SMILES string of the molecule is C/C(C(=O)Nc1cc(C(F)(F)F)cc(C(F)(F)F)c1)=C(/O)[C@@H]1Oc2c(O)ccc3c2[C@@]12CCN(CC1CC1)[C@H](C3)[C@@]2(C)O. The molecule has 4 N–H and O–H groups in total. The monoisotopic (exact) mass is 612 g/mol. The van der Waals surface area contributed by atoms with E-state index < -0.39 is 63.5 Å². The van der Waals surface area contributed by atoms with Crippen molar-refractivity contribution < 1.29 is 51.2 Å². The molecule has 1 amide bonds. The molecule has 232 valence electrons. The molecule has 6 rings (SSSR count). The molecule has 0 unspecified atom stereocenters. The fourth-order valence-electron chi connectivity index (χ4n) is 7.14. The number of carbonyl (C=O) groups is 1. The lowest BCUT2D eigenvalue weighted by Crippen LogP contribution is -2.73. The number of nitrogens with zero attached hydrogens (tertiary/aromatic N) is 1. The summed E-state index contributed by atoms with van der Waals surface area (Å²) in [4.78, 5) is 15.4. The number of hydrogen-bond donors (Lipinski definition) is 4. The highest BCUT2D eigenvalue weighted by molar-refractivity contribution is 6.03. The first-order chi connectivity index (χ1) is 19.9. The number of hydrogen-bond acceptors (Lipinski definition) is 6. The second-order valence-electron chi connectivity index (χ2n) is 12.2. The normalized spacial score (nSPS) is 29.0. The predicted molar refractivity (Wildman–Crippen MR) is 142 cm³/mol. The zero-order chi connectivity index (χ0) is 31.3. The Bertz CT molecular complexity index is 1500. The molecular formula is C30H30F6N2O5. The molecule has 0 aromatic heterocycles. The highest BCUT2D eigenvalue weighted by atomic mass is 19.4. The Morgan fingerprint density at radius 3 is 2.30 bits per heavy atom. The minimum absolute atomic E-state index is 0.0558. The number of phenols is 1. The standard InChI is InChI=1S/C30H30F6N2O5/c1-14(26(41)37-19-11-17(29(31,32)33)10-18(12-19)30(34,35)36)23(40)25-28-7-8-38(13-15-3-4-15)21(27(28,2)42)9-16-5-6-20(39)24(43-25)22(16)28/h5-6,10-12,15,21,25,39-40,42H,3-4,7-9,13H2,1-2H3,(H,37,41)/b23-14-/t21-,25+,27-,28+/m1/s1. The number of aromatic hydroxyl groups is 1. The fourth-order valence-corrected chi connectivity index (χ4v) is 7.14. The molecule has 4 atom stereocenters. The summed E-state index contributed by atoms with van der Waals surface area (Å²) < 4.78 is 86.2. The highest BCUT2D eigenvalue weighted by Gasteiger charge is 2.69. The van der Waals surface area contributed by atoms with Gasteiger partial charge in [0.15, 0.2) is 17.6 Å². The lowest BCUT2D eigenvalue weighted by molar-refractivity contribution is -0.153. The molecule has 0 radical (unpaired) electrons. The summed E-state index contributed by atoms with van der Waals surface area (Å²) in [7, 11) is 0. The first-order valence-electron chi connectivity index (χ1n) is 13.9. The van der Waals surface area contributed by atoms with E-state index in [2.05, 4.69) is 4.90 Å². The number of likely N-dealkylation sites (tertiary alicyclic amines) is 1. The second kappa shape index (κ2) is 9.52. The van der Waals surface area contributed by atoms with Crippen LogP contribution >= 0.6 is 0 Å². The third-order valence-electron chi connectivity index (χ3n) is 9.56. The molecule has 4 aliphatic rings. The number of carbonyl (C=O) groups excluding carboxylic acids is 1. The summed E-state index contributed by atoms with van der Waals surface area (Å²) >= 11 is 0. The number of aliphatic hydroxyl groups excluding tert-OH is 1. The van der Waals surface area contributed by atoms with Crippen molar-refractivity contribution >= 4 is 11.6 Å². The van der Waals surface area contributed by atoms with E-state index in [0.29, 0.717) is 43.0 Å². The topological polar surface area (TPSA) is 102 Å². The van der Waals surface area contributed by atoms with Crippen LogP contribution in [0.1, 0.15) is 55.4 Å². The maximum Gasteiger partial charge on any atom is 0.416 e. The summed E-state index contributed by atoms with van der Waals surface area (Å²) in [5.41, 5.74) is -5.90. The van der Waals surface area contributed by atoms with Crippen molar-refractivity contribution in [3.8, 4) is 11.5 Å². The van der Waals surface area contributed by atoms with Crippen molar-refractivity contribution in [1.82, 2.24) is 4.90 Å². The number of benzene rings is 2. The molecule has 2 fully saturated rings. The molecule has 2 aliphatic carbocycles. The highest BCUT2D eigenvalue weighted by Crippen LogP contribution is 2.63. The molecule has 2 heterocycles. The van der Waals surface area contributed by atoms with Crippen molar-refractivity contribution in [1.29, 1.82) is 0 Å². The van der Waals surface area contributed by atoms with E-state index in [9.17, 15) is 46.5 Å². The molecule has 2 aliphatic heterocycles. The van der Waals surface area contributed by atoms with Crippen LogP contribution in [-0.4, -0.2) is 57.0 Å². The molecule has 2 aromatic carbocycles. The molecular weight excluding hydrogens is 582 g/mol. The average Bonchev–Trinajstić information content (AvgIpc) is 3.65. The summed E-state index contributed by atoms with van der Waals surface area (Å²) in [5, 5.41) is 36.4. The van der Waals surface area contributed by atoms with Gasteiger partial charge in [0.05, 0.1) is 27.7 Å². The van der Waals surface area contributed by atoms with Gasteiger partial charge < -0.3 is 25.4 Å². The van der Waals surface area contributed by atoms with Crippen LogP contribution < -0.4 is 10.1 Å². The summed E-state index contributed by atoms with van der Waals surface area (Å²) in [6.07, 6.45) is -8.65. The van der Waals surface area contributed by atoms with Crippen LogP contribution in [0.5, 0.6) is 11.5 Å². The maximum atomic E-state index is 13.3. The van der Waals surface area contributed by atoms with Gasteiger partial charge in [0, 0.05) is 23.8 Å². The maximum absolute atomic E-state index is 13.3. The number of rotatable bonds is 5. The van der Waals surface area contributed by atoms with Gasteiger partial charge in [-0.2, -0.15) is 26.3 Å². The van der Waals surface area contributed by atoms with E-state index in [-0.39, 0.29) is 23.6 Å². The number of alkyl halides is 6. The third kappa shape index (κ3) is 4.62. The number of ether oxygens (including phenoxy) is 1. The van der Waals surface area contributed by atoms with Crippen LogP contribution in [0.25, 0.3) is 0 Å². The first kappa shape index (κ1) is 29.6. The molecule has 7 nitrogen and oxygen atoms in total. The number of amides is 1. The van der Waals surface area contributed by atoms with E-state index in [1.807, 2.05) is 5.32 Å². The molecule has 1 spiro atoms. The van der Waals surface area contributed by atoms with Gasteiger partial charge in [0.25, 0.3) is 5.91 Å². The van der Waals surface area contributed by atoms with E-state index in [1.54, 1.807) is 13.0 Å². The van der Waals surface area contributed by atoms with Crippen LogP contribution in [0, 0.1) is 5.92 Å². The zero-order valence-corrected chi connectivity index (χ0v) is 23.2. The zero-order valence-electron chi connectivity index (χ0n) is 23.2. The number of piperidine rings is 1. The van der Waals surface area contributed by atoms with Gasteiger partial charge in [-0.05, 0) is 81.8 Å². The number of nitrogens with one attached hydrogen (secondary N) is 1. The van der Waals surface area contributed by atoms with Crippen LogP contribution in [-0.2, 0) is 29.0 Å². The van der Waals surface area contributed by atoms with Gasteiger partial charge >= 0.3 is 12.4 Å². The molecule has 13 heteroatoms. The first-order valence-corrected chi connectivity index (χ1v) is 13.9. The number of phenolic OH excluding ortho intramolecular Hbond substituents is 1. The Morgan fingerprint density at radius 2 is 1.72 bits per heavy atom. The van der Waals surface area contributed by atoms with Crippen LogP contribution in [0.4, 0.5) is 32.0 Å². The van der Waals surface area contributed by atoms with Gasteiger partial charge in [0.2, 0.25) is 0 Å². The Hall–Kier alpha value is -3.45. The van der Waals surface area contributed by atoms with Crippen LogP contribution in [0.3, 0.4) is 0 Å². The van der Waals surface area contributed by atoms with Crippen molar-refractivity contribution in [3.63, 3.8) is 0 Å². The molecule has 2 aromatic rings. The summed E-state index contributed by atoms with van der Waals surface area (Å²) in [6.45, 7) is 4.13. The van der Waals surface area contributed by atoms with Crippen molar-refractivity contribution in [3.05, 3.63) is 63.9 Å². The van der Waals surface area contributed by atoms with E-state index in [1.165, 1.54) is 6.07 Å². The minimum atomic E-state index is -5.12. The average molecular weight is 613 g/mol. The minimum Gasteiger partial charge on any atom is -0.508 e. The van der Waals surface area contributed by atoms with Gasteiger partial charge in [-0.3, -0.25) is 9.69 Å². The molecule has 43 heavy (non-hydrogen) atoms. The van der Waals surface area contributed by atoms with Gasteiger partial charge in [0.1, 0.15) is 5.76 Å². The number of halogens is 6. The lowest BCUT2D eigenvalue weighted by atomic mass is 9.53. The van der Waals surface area contributed by atoms with Crippen molar-refractivity contribution in [2.45, 2.75) is 75.0 Å². The van der Waals surface area contributed by atoms with Crippen molar-refractivity contribution in [2.75, 3.05) is 18.4 Å². The Kier molecular flexibility index (Phi) is 6.56. The smallest absolute Gasteiger partial charge is 0.416 e. The Morgan fingerprint density at radius 1 is 1.09 bits per heavy atom. The van der Waals surface area contributed by atoms with Gasteiger partial charge in [-0.15, -0.1) is 0 Å². The van der Waals surface area contributed by atoms with E-state index in [0.717, 1.165) is 31.9 Å². The number of aliphatic hydroxyl groups is 2. The fraction of sp³-hybridized carbons (Fsp3) is 0.500.